The number of rotatable bonds is 6. The molecule has 8 atom stereocenters. The predicted octanol–water partition coefficient (Wildman–Crippen LogP) is 7.35. The molecule has 176 valence electrons. The molecule has 0 heterocycles. The number of aliphatic hydroxyl groups is 1. The molecule has 0 aromatic carbocycles. The highest BCUT2D eigenvalue weighted by Gasteiger charge is 2.62. The van der Waals surface area contributed by atoms with Crippen LogP contribution in [-0.4, -0.2) is 16.5 Å². The third kappa shape index (κ3) is 3.87. The molecular formula is C29H48O2. The molecule has 4 aliphatic carbocycles. The van der Waals surface area contributed by atoms with Crippen molar-refractivity contribution < 1.29 is 9.90 Å². The Morgan fingerprint density at radius 3 is 2.52 bits per heavy atom. The highest BCUT2D eigenvalue weighted by molar-refractivity contribution is 5.85. The summed E-state index contributed by atoms with van der Waals surface area (Å²) in [7, 11) is 0. The molecule has 3 saturated carbocycles. The Morgan fingerprint density at radius 1 is 1.10 bits per heavy atom. The Labute approximate surface area is 191 Å². The Bertz CT molecular complexity index is 722. The van der Waals surface area contributed by atoms with Gasteiger partial charge in [-0.05, 0) is 85.4 Å². The highest BCUT2D eigenvalue weighted by atomic mass is 16.3. The smallest absolute Gasteiger partial charge is 0.137 e. The number of hydrogen-bond acceptors (Lipinski definition) is 2. The van der Waals surface area contributed by atoms with Gasteiger partial charge in [0.1, 0.15) is 5.78 Å². The van der Waals surface area contributed by atoms with Gasteiger partial charge in [-0.1, -0.05) is 72.5 Å². The molecule has 1 N–H and O–H groups in total. The normalized spacial score (nSPS) is 45.7. The van der Waals surface area contributed by atoms with Crippen LogP contribution < -0.4 is 0 Å². The van der Waals surface area contributed by atoms with Crippen molar-refractivity contribution in [3.05, 3.63) is 11.6 Å². The largest absolute Gasteiger partial charge is 0.390 e. The van der Waals surface area contributed by atoms with E-state index < -0.39 is 5.60 Å². The van der Waals surface area contributed by atoms with E-state index in [9.17, 15) is 9.90 Å². The molecule has 2 nitrogen and oxygen atoms in total. The zero-order valence-electron chi connectivity index (χ0n) is 21.2. The molecule has 0 spiro atoms. The summed E-state index contributed by atoms with van der Waals surface area (Å²) in [5.41, 5.74) is 1.05. The van der Waals surface area contributed by atoms with Gasteiger partial charge >= 0.3 is 0 Å². The second-order valence-electron chi connectivity index (χ2n) is 13.0. The average Bonchev–Trinajstić information content (AvgIpc) is 3.04. The molecule has 0 saturated heterocycles. The van der Waals surface area contributed by atoms with Crippen molar-refractivity contribution in [2.45, 2.75) is 118 Å². The number of carbonyl (C=O) groups excluding carboxylic acids is 1. The molecule has 3 fully saturated rings. The van der Waals surface area contributed by atoms with E-state index in [2.05, 4.69) is 47.6 Å². The van der Waals surface area contributed by atoms with E-state index in [0.29, 0.717) is 23.5 Å². The first-order valence-corrected chi connectivity index (χ1v) is 13.5. The number of hydrogen-bond donors (Lipinski definition) is 1. The maximum atomic E-state index is 13.8. The molecule has 0 aromatic heterocycles. The summed E-state index contributed by atoms with van der Waals surface area (Å²) in [5.74, 6) is 4.22. The van der Waals surface area contributed by atoms with Gasteiger partial charge in [0.15, 0.2) is 0 Å². The first kappa shape index (κ1) is 23.5. The fourth-order valence-corrected chi connectivity index (χ4v) is 8.87. The number of Topliss-reactive ketones (excluding diaryl/α,β-unsaturated/α-hetero) is 1. The van der Waals surface area contributed by atoms with E-state index in [1.165, 1.54) is 37.7 Å². The van der Waals surface area contributed by atoms with Gasteiger partial charge in [-0.15, -0.1) is 0 Å². The van der Waals surface area contributed by atoms with Gasteiger partial charge in [-0.3, -0.25) is 4.79 Å². The van der Waals surface area contributed by atoms with Crippen LogP contribution in [0.2, 0.25) is 0 Å². The van der Waals surface area contributed by atoms with E-state index in [-0.39, 0.29) is 16.7 Å². The van der Waals surface area contributed by atoms with Crippen LogP contribution in [0, 0.1) is 46.3 Å². The SMILES string of the molecule is CC[C@]1(O)CC[C@@]2(C)C(=CC[C@@H]3C2C(=O)C[C@@]2(C)C3CC[C@@H]2[C@H](C)CCCC(C)C)C1. The number of fused-ring (bicyclic) bond motifs is 5. The van der Waals surface area contributed by atoms with Crippen LogP contribution in [-0.2, 0) is 4.79 Å². The minimum absolute atomic E-state index is 0.0102. The Morgan fingerprint density at radius 2 is 1.84 bits per heavy atom. The number of allylic oxidation sites excluding steroid dienone is 1. The maximum Gasteiger partial charge on any atom is 0.137 e. The van der Waals surface area contributed by atoms with Crippen molar-refractivity contribution >= 4 is 5.78 Å². The lowest BCUT2D eigenvalue weighted by Crippen LogP contribution is -2.56. The van der Waals surface area contributed by atoms with Gasteiger partial charge in [0.2, 0.25) is 0 Å². The van der Waals surface area contributed by atoms with Crippen molar-refractivity contribution in [2.24, 2.45) is 46.3 Å². The van der Waals surface area contributed by atoms with E-state index in [0.717, 1.165) is 50.4 Å². The van der Waals surface area contributed by atoms with Crippen molar-refractivity contribution in [2.75, 3.05) is 0 Å². The fourth-order valence-electron chi connectivity index (χ4n) is 8.87. The molecule has 4 rings (SSSR count). The van der Waals surface area contributed by atoms with Gasteiger partial charge in [-0.25, -0.2) is 0 Å². The molecule has 2 heteroatoms. The van der Waals surface area contributed by atoms with E-state index in [1.54, 1.807) is 0 Å². The van der Waals surface area contributed by atoms with Crippen molar-refractivity contribution in [1.29, 1.82) is 0 Å². The summed E-state index contributed by atoms with van der Waals surface area (Å²) in [6.07, 6.45) is 14.4. The fraction of sp³-hybridized carbons (Fsp3) is 0.897. The molecule has 0 aliphatic heterocycles. The summed E-state index contributed by atoms with van der Waals surface area (Å²) >= 11 is 0. The second kappa shape index (κ2) is 8.30. The van der Waals surface area contributed by atoms with Gasteiger partial charge < -0.3 is 5.11 Å². The van der Waals surface area contributed by atoms with Crippen molar-refractivity contribution in [1.82, 2.24) is 0 Å². The minimum atomic E-state index is -0.547. The van der Waals surface area contributed by atoms with Crippen LogP contribution in [0.4, 0.5) is 0 Å². The van der Waals surface area contributed by atoms with Crippen molar-refractivity contribution in [3.8, 4) is 0 Å². The van der Waals surface area contributed by atoms with Crippen molar-refractivity contribution in [3.63, 3.8) is 0 Å². The lowest BCUT2D eigenvalue weighted by atomic mass is 9.45. The van der Waals surface area contributed by atoms with E-state index >= 15 is 0 Å². The second-order valence-corrected chi connectivity index (χ2v) is 13.0. The van der Waals surface area contributed by atoms with E-state index in [4.69, 9.17) is 0 Å². The van der Waals surface area contributed by atoms with Crippen LogP contribution in [0.25, 0.3) is 0 Å². The predicted molar refractivity (Wildman–Crippen MR) is 129 cm³/mol. The first-order valence-electron chi connectivity index (χ1n) is 13.5. The first-order chi connectivity index (χ1) is 14.5. The third-order valence-electron chi connectivity index (χ3n) is 10.8. The summed E-state index contributed by atoms with van der Waals surface area (Å²) in [5, 5.41) is 11.0. The molecule has 2 unspecified atom stereocenters. The summed E-state index contributed by atoms with van der Waals surface area (Å²) in [6, 6.07) is 0. The Kier molecular flexibility index (Phi) is 6.30. The van der Waals surface area contributed by atoms with Gasteiger partial charge in [0.25, 0.3) is 0 Å². The summed E-state index contributed by atoms with van der Waals surface area (Å²) in [4.78, 5) is 13.8. The van der Waals surface area contributed by atoms with Gasteiger partial charge in [0, 0.05) is 12.3 Å². The number of ketones is 1. The van der Waals surface area contributed by atoms with Crippen LogP contribution in [0.3, 0.4) is 0 Å². The zero-order chi connectivity index (χ0) is 22.6. The molecule has 31 heavy (non-hydrogen) atoms. The summed E-state index contributed by atoms with van der Waals surface area (Å²) in [6.45, 7) is 14.1. The monoisotopic (exact) mass is 428 g/mol. The Balaban J connectivity index is 1.55. The van der Waals surface area contributed by atoms with Gasteiger partial charge in [-0.2, -0.15) is 0 Å². The molecule has 0 bridgehead atoms. The van der Waals surface area contributed by atoms with E-state index in [1.807, 2.05) is 0 Å². The minimum Gasteiger partial charge on any atom is -0.390 e. The van der Waals surface area contributed by atoms with Crippen LogP contribution >= 0.6 is 0 Å². The number of carbonyl (C=O) groups is 1. The molecule has 0 amide bonds. The third-order valence-corrected chi connectivity index (χ3v) is 10.8. The lowest BCUT2D eigenvalue weighted by molar-refractivity contribution is -0.147. The van der Waals surface area contributed by atoms with Gasteiger partial charge in [0.05, 0.1) is 5.60 Å². The lowest BCUT2D eigenvalue weighted by Gasteiger charge is -2.58. The van der Waals surface area contributed by atoms with Crippen LogP contribution in [0.1, 0.15) is 112 Å². The van der Waals surface area contributed by atoms with Crippen LogP contribution in [0.5, 0.6) is 0 Å². The summed E-state index contributed by atoms with van der Waals surface area (Å²) < 4.78 is 0. The zero-order valence-corrected chi connectivity index (χ0v) is 21.2. The average molecular weight is 429 g/mol. The molecular weight excluding hydrogens is 380 g/mol. The topological polar surface area (TPSA) is 37.3 Å². The quantitative estimate of drug-likeness (QED) is 0.449. The maximum absolute atomic E-state index is 13.8. The van der Waals surface area contributed by atoms with Crippen LogP contribution in [0.15, 0.2) is 11.6 Å². The highest BCUT2D eigenvalue weighted by Crippen LogP contribution is 2.66. The standard InChI is InChI=1S/C29H48O2/c1-7-29(31)16-15-27(5)21(17-29)11-12-22-24-14-13-23(20(4)10-8-9-19(2)3)28(24,6)18-25(30)26(22)27/h11,19-20,22-24,26,31H,7-10,12-18H2,1-6H3/t20-,22+,23-,24?,26?,27+,28-,29+/m1/s1. The molecule has 0 aromatic rings. The molecule has 4 aliphatic rings. The Hall–Kier alpha value is -0.630. The molecule has 0 radical (unpaired) electrons.